The first-order chi connectivity index (χ1) is 17.5. The van der Waals surface area contributed by atoms with Gasteiger partial charge in [0.05, 0.1) is 11.3 Å². The standard InChI is InChI=1S/C31H24ClNO3/c1-21-27(23-11-6-3-7-12-23)19-29(33(21)26-14-8-13-24(17-26)31(34)35)28-18-25(32)15-16-30(28)36-20-22-9-4-2-5-10-22/h2-19H,20H2,1H3,(H,34,35). The minimum atomic E-state index is -0.971. The second kappa shape index (κ2) is 10.1. The number of nitrogens with zero attached hydrogens (tertiary/aromatic N) is 1. The average molecular weight is 494 g/mol. The van der Waals surface area contributed by atoms with E-state index in [1.54, 1.807) is 18.2 Å². The highest BCUT2D eigenvalue weighted by molar-refractivity contribution is 6.31. The van der Waals surface area contributed by atoms with E-state index in [0.717, 1.165) is 39.3 Å². The molecule has 4 aromatic carbocycles. The molecule has 36 heavy (non-hydrogen) atoms. The highest BCUT2D eigenvalue weighted by Gasteiger charge is 2.20. The Hall–Kier alpha value is -4.28. The van der Waals surface area contributed by atoms with E-state index in [2.05, 4.69) is 22.8 Å². The summed E-state index contributed by atoms with van der Waals surface area (Å²) in [5.41, 5.74) is 6.80. The number of hydrogen-bond acceptors (Lipinski definition) is 2. The summed E-state index contributed by atoms with van der Waals surface area (Å²) in [6.07, 6.45) is 0. The summed E-state index contributed by atoms with van der Waals surface area (Å²) >= 11 is 6.47. The molecule has 0 bridgehead atoms. The first-order valence-electron chi connectivity index (χ1n) is 11.6. The Bertz CT molecular complexity index is 1520. The topological polar surface area (TPSA) is 51.5 Å². The molecule has 0 fully saturated rings. The molecule has 0 saturated carbocycles. The van der Waals surface area contributed by atoms with Gasteiger partial charge in [-0.3, -0.25) is 0 Å². The molecule has 0 amide bonds. The fourth-order valence-corrected chi connectivity index (χ4v) is 4.56. The second-order valence-corrected chi connectivity index (χ2v) is 8.94. The van der Waals surface area contributed by atoms with Gasteiger partial charge in [0.1, 0.15) is 12.4 Å². The highest BCUT2D eigenvalue weighted by Crippen LogP contribution is 2.40. The zero-order valence-corrected chi connectivity index (χ0v) is 20.4. The molecule has 178 valence electrons. The Morgan fingerprint density at radius 1 is 0.833 bits per heavy atom. The van der Waals surface area contributed by atoms with Gasteiger partial charge in [0.2, 0.25) is 0 Å². The van der Waals surface area contributed by atoms with Crippen molar-refractivity contribution in [3.63, 3.8) is 0 Å². The molecular weight excluding hydrogens is 470 g/mol. The molecule has 0 aliphatic carbocycles. The molecule has 4 nitrogen and oxygen atoms in total. The third-order valence-electron chi connectivity index (χ3n) is 6.14. The summed E-state index contributed by atoms with van der Waals surface area (Å²) in [7, 11) is 0. The van der Waals surface area contributed by atoms with Gasteiger partial charge in [-0.15, -0.1) is 0 Å². The van der Waals surface area contributed by atoms with Crippen molar-refractivity contribution in [1.29, 1.82) is 0 Å². The normalized spacial score (nSPS) is 10.8. The lowest BCUT2D eigenvalue weighted by Crippen LogP contribution is -2.04. The summed E-state index contributed by atoms with van der Waals surface area (Å²) in [5, 5.41) is 10.2. The number of carboxylic acid groups (broad SMARTS) is 1. The predicted molar refractivity (Wildman–Crippen MR) is 144 cm³/mol. The number of rotatable bonds is 7. The molecule has 0 radical (unpaired) electrons. The molecule has 1 N–H and O–H groups in total. The van der Waals surface area contributed by atoms with Gasteiger partial charge in [-0.05, 0) is 60.5 Å². The molecule has 5 heteroatoms. The Morgan fingerprint density at radius 3 is 2.28 bits per heavy atom. The maximum absolute atomic E-state index is 11.7. The Balaban J connectivity index is 1.69. The van der Waals surface area contributed by atoms with Crippen LogP contribution < -0.4 is 4.74 Å². The summed E-state index contributed by atoms with van der Waals surface area (Å²) in [6, 6.07) is 34.7. The maximum atomic E-state index is 11.7. The quantitative estimate of drug-likeness (QED) is 0.249. The van der Waals surface area contributed by atoms with Crippen molar-refractivity contribution >= 4 is 17.6 Å². The third-order valence-corrected chi connectivity index (χ3v) is 6.37. The SMILES string of the molecule is Cc1c(-c2ccccc2)cc(-c2cc(Cl)ccc2OCc2ccccc2)n1-c1cccc(C(=O)O)c1. The van der Waals surface area contributed by atoms with Crippen LogP contribution >= 0.6 is 11.6 Å². The molecule has 0 aliphatic heterocycles. The first-order valence-corrected chi connectivity index (χ1v) is 12.0. The lowest BCUT2D eigenvalue weighted by molar-refractivity contribution is 0.0697. The van der Waals surface area contributed by atoms with Crippen LogP contribution in [0.5, 0.6) is 5.75 Å². The van der Waals surface area contributed by atoms with Crippen LogP contribution in [0, 0.1) is 6.92 Å². The van der Waals surface area contributed by atoms with Crippen LogP contribution in [0.3, 0.4) is 0 Å². The van der Waals surface area contributed by atoms with Crippen LogP contribution in [0.15, 0.2) is 109 Å². The molecule has 0 spiro atoms. The van der Waals surface area contributed by atoms with Gasteiger partial charge in [-0.2, -0.15) is 0 Å². The van der Waals surface area contributed by atoms with Gasteiger partial charge in [-0.25, -0.2) is 4.79 Å². The number of halogens is 1. The van der Waals surface area contributed by atoms with E-state index >= 15 is 0 Å². The van der Waals surface area contributed by atoms with E-state index in [-0.39, 0.29) is 5.56 Å². The van der Waals surface area contributed by atoms with Crippen LogP contribution in [-0.2, 0) is 6.61 Å². The summed E-state index contributed by atoms with van der Waals surface area (Å²) in [6.45, 7) is 2.45. The Morgan fingerprint density at radius 2 is 1.56 bits per heavy atom. The maximum Gasteiger partial charge on any atom is 0.335 e. The van der Waals surface area contributed by atoms with E-state index in [9.17, 15) is 9.90 Å². The minimum absolute atomic E-state index is 0.222. The van der Waals surface area contributed by atoms with Crippen molar-refractivity contribution in [2.24, 2.45) is 0 Å². The largest absolute Gasteiger partial charge is 0.488 e. The van der Waals surface area contributed by atoms with Crippen LogP contribution in [-0.4, -0.2) is 15.6 Å². The van der Waals surface area contributed by atoms with Crippen molar-refractivity contribution in [3.05, 3.63) is 131 Å². The number of hydrogen-bond donors (Lipinski definition) is 1. The molecule has 5 rings (SSSR count). The molecule has 0 aliphatic rings. The number of aromatic nitrogens is 1. The molecule has 5 aromatic rings. The van der Waals surface area contributed by atoms with Gasteiger partial charge in [0.25, 0.3) is 0 Å². The number of aromatic carboxylic acids is 1. The minimum Gasteiger partial charge on any atom is -0.488 e. The number of carboxylic acids is 1. The molecule has 1 heterocycles. The highest BCUT2D eigenvalue weighted by atomic mass is 35.5. The van der Waals surface area contributed by atoms with Crippen molar-refractivity contribution in [2.75, 3.05) is 0 Å². The zero-order valence-electron chi connectivity index (χ0n) is 19.7. The van der Waals surface area contributed by atoms with Crippen molar-refractivity contribution in [2.45, 2.75) is 13.5 Å². The summed E-state index contributed by atoms with van der Waals surface area (Å²) < 4.78 is 8.34. The van der Waals surface area contributed by atoms with E-state index < -0.39 is 5.97 Å². The van der Waals surface area contributed by atoms with Crippen molar-refractivity contribution in [3.8, 4) is 33.8 Å². The summed E-state index contributed by atoms with van der Waals surface area (Å²) in [5.74, 6) is -0.280. The van der Waals surface area contributed by atoms with Crippen LogP contribution in [0.4, 0.5) is 0 Å². The Kier molecular flexibility index (Phi) is 6.61. The smallest absolute Gasteiger partial charge is 0.335 e. The fourth-order valence-electron chi connectivity index (χ4n) is 4.39. The van der Waals surface area contributed by atoms with Crippen LogP contribution in [0.1, 0.15) is 21.6 Å². The number of carbonyl (C=O) groups is 1. The number of benzene rings is 4. The van der Waals surface area contributed by atoms with Crippen LogP contribution in [0.25, 0.3) is 28.1 Å². The molecule has 0 atom stereocenters. The second-order valence-electron chi connectivity index (χ2n) is 8.50. The fraction of sp³-hybridized carbons (Fsp3) is 0.0645. The van der Waals surface area contributed by atoms with Gasteiger partial charge in [0.15, 0.2) is 0 Å². The zero-order chi connectivity index (χ0) is 25.1. The van der Waals surface area contributed by atoms with E-state index in [1.165, 1.54) is 0 Å². The lowest BCUT2D eigenvalue weighted by atomic mass is 10.1. The third kappa shape index (κ3) is 4.77. The van der Waals surface area contributed by atoms with Gasteiger partial charge in [-0.1, -0.05) is 78.3 Å². The molecular formula is C31H24ClNO3. The molecule has 0 saturated heterocycles. The Labute approximate surface area is 215 Å². The molecule has 0 unspecified atom stereocenters. The van der Waals surface area contributed by atoms with Gasteiger partial charge >= 0.3 is 5.97 Å². The molecule has 1 aromatic heterocycles. The van der Waals surface area contributed by atoms with Crippen molar-refractivity contribution < 1.29 is 14.6 Å². The predicted octanol–water partition coefficient (Wildman–Crippen LogP) is 8.05. The van der Waals surface area contributed by atoms with E-state index in [0.29, 0.717) is 17.4 Å². The van der Waals surface area contributed by atoms with Gasteiger partial charge in [0, 0.05) is 27.5 Å². The average Bonchev–Trinajstić information content (AvgIpc) is 3.26. The van der Waals surface area contributed by atoms with E-state index in [4.69, 9.17) is 16.3 Å². The monoisotopic (exact) mass is 493 g/mol. The number of ether oxygens (including phenoxy) is 1. The summed E-state index contributed by atoms with van der Waals surface area (Å²) in [4.78, 5) is 11.7. The van der Waals surface area contributed by atoms with Crippen LogP contribution in [0.2, 0.25) is 5.02 Å². The van der Waals surface area contributed by atoms with Crippen molar-refractivity contribution in [1.82, 2.24) is 4.57 Å². The lowest BCUT2D eigenvalue weighted by Gasteiger charge is -2.16. The van der Waals surface area contributed by atoms with Gasteiger partial charge < -0.3 is 14.4 Å². The van der Waals surface area contributed by atoms with E-state index in [1.807, 2.05) is 79.7 Å². The first kappa shape index (κ1) is 23.5.